The fourth-order valence-electron chi connectivity index (χ4n) is 4.55. The number of H-pyrrole nitrogens is 1. The lowest BCUT2D eigenvalue weighted by atomic mass is 9.94. The van der Waals surface area contributed by atoms with Crippen LogP contribution in [0.2, 0.25) is 0 Å². The lowest BCUT2D eigenvalue weighted by Gasteiger charge is -2.19. The van der Waals surface area contributed by atoms with E-state index in [0.29, 0.717) is 35.6 Å². The lowest BCUT2D eigenvalue weighted by molar-refractivity contribution is -0.137. The van der Waals surface area contributed by atoms with E-state index in [9.17, 15) is 18.0 Å². The molecule has 6 rings (SSSR count). The number of hydrogen-bond donors (Lipinski definition) is 2. The van der Waals surface area contributed by atoms with Crippen molar-refractivity contribution in [3.05, 3.63) is 78.0 Å². The molecule has 34 heavy (non-hydrogen) atoms. The van der Waals surface area contributed by atoms with Gasteiger partial charge in [0.05, 0.1) is 11.0 Å². The van der Waals surface area contributed by atoms with Gasteiger partial charge in [0.15, 0.2) is 11.5 Å². The highest BCUT2D eigenvalue weighted by atomic mass is 19.4. The Hall–Kier alpha value is -3.94. The molecule has 0 saturated heterocycles. The summed E-state index contributed by atoms with van der Waals surface area (Å²) in [5.74, 6) is 0.971. The van der Waals surface area contributed by atoms with Crippen LogP contribution in [-0.2, 0) is 16.4 Å². The molecular weight excluding hydrogens is 445 g/mol. The maximum atomic E-state index is 13.8. The van der Waals surface area contributed by atoms with Crippen molar-refractivity contribution in [1.29, 1.82) is 0 Å². The highest BCUT2D eigenvalue weighted by molar-refractivity contribution is 6.02. The Labute approximate surface area is 192 Å². The van der Waals surface area contributed by atoms with Crippen LogP contribution in [0.25, 0.3) is 22.0 Å². The molecule has 1 aliphatic carbocycles. The van der Waals surface area contributed by atoms with Crippen LogP contribution in [0.3, 0.4) is 0 Å². The topological polar surface area (TPSA) is 63.4 Å². The van der Waals surface area contributed by atoms with E-state index in [1.165, 1.54) is 12.1 Å². The van der Waals surface area contributed by atoms with Crippen LogP contribution < -0.4 is 14.8 Å². The molecule has 2 N–H and O–H groups in total. The van der Waals surface area contributed by atoms with Crippen LogP contribution >= 0.6 is 0 Å². The van der Waals surface area contributed by atoms with E-state index >= 15 is 0 Å². The van der Waals surface area contributed by atoms with Gasteiger partial charge in [0.2, 0.25) is 12.7 Å². The number of nitrogens with one attached hydrogen (secondary N) is 2. The number of carbonyl (C=O) groups is 1. The van der Waals surface area contributed by atoms with Gasteiger partial charge in [0.25, 0.3) is 0 Å². The molecule has 172 valence electrons. The maximum Gasteiger partial charge on any atom is 0.417 e. The van der Waals surface area contributed by atoms with Crippen molar-refractivity contribution in [1.82, 2.24) is 4.98 Å². The summed E-state index contributed by atoms with van der Waals surface area (Å²) in [7, 11) is 0. The van der Waals surface area contributed by atoms with Crippen molar-refractivity contribution in [2.75, 3.05) is 12.1 Å². The van der Waals surface area contributed by atoms with Gasteiger partial charge in [-0.25, -0.2) is 0 Å². The summed E-state index contributed by atoms with van der Waals surface area (Å²) < 4.78 is 52.2. The van der Waals surface area contributed by atoms with Crippen molar-refractivity contribution in [2.45, 2.75) is 24.4 Å². The molecule has 1 saturated carbocycles. The largest absolute Gasteiger partial charge is 0.454 e. The first kappa shape index (κ1) is 20.7. The molecule has 1 aliphatic heterocycles. The van der Waals surface area contributed by atoms with Crippen LogP contribution in [0.1, 0.15) is 24.0 Å². The van der Waals surface area contributed by atoms with Gasteiger partial charge < -0.3 is 19.8 Å². The van der Waals surface area contributed by atoms with Crippen LogP contribution in [0.4, 0.5) is 18.9 Å². The molecule has 2 aliphatic rings. The molecule has 1 aromatic heterocycles. The number of aromatic nitrogens is 1. The highest BCUT2D eigenvalue weighted by Gasteiger charge is 2.51. The number of aromatic amines is 1. The van der Waals surface area contributed by atoms with E-state index < -0.39 is 17.2 Å². The second-order valence-electron chi connectivity index (χ2n) is 8.64. The van der Waals surface area contributed by atoms with Crippen molar-refractivity contribution < 1.29 is 27.4 Å². The molecular formula is C26H19F3N2O3. The summed E-state index contributed by atoms with van der Waals surface area (Å²) in [5.41, 5.74) is 0.911. The van der Waals surface area contributed by atoms with Crippen molar-refractivity contribution in [3.8, 4) is 22.6 Å². The summed E-state index contributed by atoms with van der Waals surface area (Å²) in [6, 6.07) is 16.0. The lowest BCUT2D eigenvalue weighted by Crippen LogP contribution is -2.27. The van der Waals surface area contributed by atoms with Gasteiger partial charge in [-0.15, -0.1) is 0 Å². The van der Waals surface area contributed by atoms with Gasteiger partial charge in [0.1, 0.15) is 0 Å². The molecule has 0 spiro atoms. The number of rotatable bonds is 4. The van der Waals surface area contributed by atoms with Crippen molar-refractivity contribution in [3.63, 3.8) is 0 Å². The average molecular weight is 464 g/mol. The zero-order valence-corrected chi connectivity index (χ0v) is 17.8. The van der Waals surface area contributed by atoms with Gasteiger partial charge in [-0.3, -0.25) is 4.79 Å². The first-order valence-electron chi connectivity index (χ1n) is 10.8. The summed E-state index contributed by atoms with van der Waals surface area (Å²) in [5, 5.41) is 3.65. The smallest absolute Gasteiger partial charge is 0.417 e. The van der Waals surface area contributed by atoms with Crippen LogP contribution in [0.15, 0.2) is 66.9 Å². The number of benzene rings is 3. The zero-order chi connectivity index (χ0) is 23.5. The Morgan fingerprint density at radius 3 is 2.56 bits per heavy atom. The molecule has 8 heteroatoms. The van der Waals surface area contributed by atoms with E-state index in [4.69, 9.17) is 9.47 Å². The molecule has 4 aromatic rings. The predicted molar refractivity (Wildman–Crippen MR) is 121 cm³/mol. The third-order valence-electron chi connectivity index (χ3n) is 6.56. The fourth-order valence-corrected chi connectivity index (χ4v) is 4.55. The number of alkyl halides is 3. The minimum absolute atomic E-state index is 0.0151. The Kier molecular flexibility index (Phi) is 4.42. The number of ether oxygens (including phenoxy) is 2. The fraction of sp³-hybridized carbons (Fsp3) is 0.192. The monoisotopic (exact) mass is 464 g/mol. The van der Waals surface area contributed by atoms with Gasteiger partial charge in [0, 0.05) is 17.4 Å². The van der Waals surface area contributed by atoms with Crippen molar-refractivity contribution in [2.24, 2.45) is 0 Å². The van der Waals surface area contributed by atoms with Gasteiger partial charge in [-0.1, -0.05) is 12.1 Å². The molecule has 3 aromatic carbocycles. The number of anilines is 1. The number of amides is 1. The quantitative estimate of drug-likeness (QED) is 0.375. The summed E-state index contributed by atoms with van der Waals surface area (Å²) >= 11 is 0. The molecule has 0 bridgehead atoms. The Bertz CT molecular complexity index is 1440. The second-order valence-corrected chi connectivity index (χ2v) is 8.64. The van der Waals surface area contributed by atoms with Crippen molar-refractivity contribution >= 4 is 22.5 Å². The zero-order valence-electron chi connectivity index (χ0n) is 17.8. The minimum Gasteiger partial charge on any atom is -0.454 e. The number of fused-ring (bicyclic) bond motifs is 2. The Morgan fingerprint density at radius 2 is 1.76 bits per heavy atom. The predicted octanol–water partition coefficient (Wildman–Crippen LogP) is 6.25. The normalized spacial score (nSPS) is 16.0. The summed E-state index contributed by atoms with van der Waals surface area (Å²) in [6.45, 7) is 0.140. The summed E-state index contributed by atoms with van der Waals surface area (Å²) in [4.78, 5) is 16.3. The molecule has 0 radical (unpaired) electrons. The van der Waals surface area contributed by atoms with Gasteiger partial charge >= 0.3 is 6.18 Å². The number of hydrogen-bond acceptors (Lipinski definition) is 3. The van der Waals surface area contributed by atoms with E-state index in [2.05, 4.69) is 10.3 Å². The average Bonchev–Trinajstić information content (AvgIpc) is 3.27. The Morgan fingerprint density at radius 1 is 0.941 bits per heavy atom. The molecule has 5 nitrogen and oxygen atoms in total. The first-order chi connectivity index (χ1) is 16.3. The highest BCUT2D eigenvalue weighted by Crippen LogP contribution is 2.51. The molecule has 0 atom stereocenters. The third-order valence-corrected chi connectivity index (χ3v) is 6.56. The number of halogens is 3. The Balaban J connectivity index is 1.34. The van der Waals surface area contributed by atoms with Crippen LogP contribution in [0, 0.1) is 0 Å². The van der Waals surface area contributed by atoms with Crippen LogP contribution in [-0.4, -0.2) is 17.7 Å². The molecule has 1 fully saturated rings. The van der Waals surface area contributed by atoms with Crippen LogP contribution in [0.5, 0.6) is 11.5 Å². The molecule has 0 unspecified atom stereocenters. The maximum absolute atomic E-state index is 13.8. The number of carbonyl (C=O) groups excluding carboxylic acids is 1. The first-order valence-corrected chi connectivity index (χ1v) is 10.8. The molecule has 2 heterocycles. The van der Waals surface area contributed by atoms with E-state index in [0.717, 1.165) is 22.5 Å². The third kappa shape index (κ3) is 3.37. The minimum atomic E-state index is -4.53. The summed E-state index contributed by atoms with van der Waals surface area (Å²) in [6.07, 6.45) is -1.50. The van der Waals surface area contributed by atoms with E-state index in [1.807, 2.05) is 6.07 Å². The standard InChI is InChI=1S/C26H19F3N2O3/c27-26(28,29)20-4-3-18(13-19(20)15-1-5-21-16(11-15)7-10-30-21)31-24(32)25(8-9-25)17-2-6-22-23(12-17)34-14-33-22/h1-7,10-13,30H,8-9,14H2,(H,31,32). The SMILES string of the molecule is O=C(Nc1ccc(C(F)(F)F)c(-c2ccc3[nH]ccc3c2)c1)C1(c2ccc3c(c2)OCO3)CC1. The van der Waals surface area contributed by atoms with E-state index in [-0.39, 0.29) is 18.3 Å². The molecule has 1 amide bonds. The van der Waals surface area contributed by atoms with Gasteiger partial charge in [-0.2, -0.15) is 13.2 Å². The van der Waals surface area contributed by atoms with E-state index in [1.54, 1.807) is 42.6 Å². The van der Waals surface area contributed by atoms with Gasteiger partial charge in [-0.05, 0) is 83.4 Å². The second kappa shape index (κ2) is 7.28.